The summed E-state index contributed by atoms with van der Waals surface area (Å²) < 4.78 is 29.3. The highest BCUT2D eigenvalue weighted by atomic mass is 31.2. The van der Waals surface area contributed by atoms with Crippen LogP contribution in [0.15, 0.2) is 24.3 Å². The summed E-state index contributed by atoms with van der Waals surface area (Å²) in [5.41, 5.74) is 11.6. The highest BCUT2D eigenvalue weighted by Gasteiger charge is 2.37. The van der Waals surface area contributed by atoms with Crippen LogP contribution >= 0.6 is 7.82 Å². The highest BCUT2D eigenvalue weighted by molar-refractivity contribution is 7.48. The van der Waals surface area contributed by atoms with Crippen molar-refractivity contribution in [1.29, 1.82) is 0 Å². The van der Waals surface area contributed by atoms with E-state index >= 15 is 0 Å². The molecule has 1 rings (SSSR count). The van der Waals surface area contributed by atoms with Crippen molar-refractivity contribution in [2.75, 3.05) is 12.3 Å². The molecule has 0 aliphatic rings. The molecule has 0 aliphatic carbocycles. The van der Waals surface area contributed by atoms with Crippen LogP contribution in [0.4, 0.5) is 5.69 Å². The molecule has 25 heavy (non-hydrogen) atoms. The maximum absolute atomic E-state index is 12.9. The number of rotatable bonds is 5. The molecule has 1 unspecified atom stereocenters. The van der Waals surface area contributed by atoms with Crippen LogP contribution in [0.5, 0.6) is 0 Å². The summed E-state index contributed by atoms with van der Waals surface area (Å²) in [6.07, 6.45) is 0. The average Bonchev–Trinajstić information content (AvgIpc) is 2.39. The van der Waals surface area contributed by atoms with Gasteiger partial charge >= 0.3 is 7.82 Å². The van der Waals surface area contributed by atoms with Crippen LogP contribution in [0.3, 0.4) is 0 Å². The molecule has 0 heterocycles. The monoisotopic (exact) mass is 368 g/mol. The number of anilines is 1. The fourth-order valence-electron chi connectivity index (χ4n) is 1.75. The van der Waals surface area contributed by atoms with E-state index in [1.807, 2.05) is 12.1 Å². The SMILES string of the molecule is CC(C)(C)OP(=O)(OCC(N)C#Cc1cccc(N)c1)OC(C)(C)C. The Morgan fingerprint density at radius 2 is 1.68 bits per heavy atom. The second-order valence-electron chi connectivity index (χ2n) is 7.65. The number of nitrogens with two attached hydrogens (primary N) is 2. The van der Waals surface area contributed by atoms with Crippen LogP contribution in [0.1, 0.15) is 47.1 Å². The van der Waals surface area contributed by atoms with E-state index in [9.17, 15) is 4.57 Å². The van der Waals surface area contributed by atoms with E-state index in [0.717, 1.165) is 5.56 Å². The Balaban J connectivity index is 2.77. The number of phosphoric ester groups is 1. The lowest BCUT2D eigenvalue weighted by molar-refractivity contribution is 0.00303. The van der Waals surface area contributed by atoms with E-state index < -0.39 is 25.1 Å². The van der Waals surface area contributed by atoms with Gasteiger partial charge in [-0.1, -0.05) is 17.9 Å². The number of nitrogen functional groups attached to an aromatic ring is 1. The van der Waals surface area contributed by atoms with Gasteiger partial charge in [-0.2, -0.15) is 0 Å². The summed E-state index contributed by atoms with van der Waals surface area (Å²) in [6, 6.07) is 6.51. The molecule has 0 amide bonds. The van der Waals surface area contributed by atoms with Crippen LogP contribution in [0, 0.1) is 11.8 Å². The first-order valence-electron chi connectivity index (χ1n) is 8.07. The van der Waals surface area contributed by atoms with Crippen molar-refractivity contribution in [3.63, 3.8) is 0 Å². The fourth-order valence-corrected chi connectivity index (χ4v) is 3.58. The molecular formula is C18H29N2O4P. The third-order valence-corrected chi connectivity index (χ3v) is 4.48. The minimum Gasteiger partial charge on any atom is -0.399 e. The van der Waals surface area contributed by atoms with Crippen molar-refractivity contribution in [3.05, 3.63) is 29.8 Å². The first kappa shape index (κ1) is 21.7. The van der Waals surface area contributed by atoms with Gasteiger partial charge in [0.05, 0.1) is 23.9 Å². The van der Waals surface area contributed by atoms with Crippen molar-refractivity contribution in [2.24, 2.45) is 5.73 Å². The molecule has 1 atom stereocenters. The van der Waals surface area contributed by atoms with Crippen LogP contribution in [-0.2, 0) is 18.1 Å². The zero-order chi connectivity index (χ0) is 19.3. The number of hydrogen-bond acceptors (Lipinski definition) is 6. The Labute approximate surface area is 150 Å². The molecule has 0 aromatic heterocycles. The molecule has 4 N–H and O–H groups in total. The smallest absolute Gasteiger partial charge is 0.399 e. The molecule has 7 heteroatoms. The molecular weight excluding hydrogens is 339 g/mol. The maximum Gasteiger partial charge on any atom is 0.475 e. The second kappa shape index (κ2) is 8.35. The Hall–Kier alpha value is -1.35. The van der Waals surface area contributed by atoms with Gasteiger partial charge in [0.25, 0.3) is 0 Å². The van der Waals surface area contributed by atoms with Crippen molar-refractivity contribution >= 4 is 13.5 Å². The Bertz CT molecular complexity index is 661. The van der Waals surface area contributed by atoms with Gasteiger partial charge in [-0.05, 0) is 59.7 Å². The standard InChI is InChI=1S/C18H29N2O4P/c1-17(2,3)23-25(21,24-18(4,5)6)22-13-16(20)11-10-14-8-7-9-15(19)12-14/h7-9,12,16H,13,19-20H2,1-6H3. The van der Waals surface area contributed by atoms with Crippen molar-refractivity contribution in [2.45, 2.75) is 58.8 Å². The van der Waals surface area contributed by atoms with Gasteiger partial charge in [0.2, 0.25) is 0 Å². The maximum atomic E-state index is 12.9. The van der Waals surface area contributed by atoms with Crippen molar-refractivity contribution in [1.82, 2.24) is 0 Å². The Morgan fingerprint density at radius 3 is 2.16 bits per heavy atom. The van der Waals surface area contributed by atoms with Crippen LogP contribution in [-0.4, -0.2) is 23.9 Å². The second-order valence-corrected chi connectivity index (χ2v) is 9.17. The summed E-state index contributed by atoms with van der Waals surface area (Å²) in [6.45, 7) is 10.5. The molecule has 1 aromatic rings. The zero-order valence-corrected chi connectivity index (χ0v) is 16.7. The third kappa shape index (κ3) is 9.64. The van der Waals surface area contributed by atoms with Crippen LogP contribution < -0.4 is 11.5 Å². The van der Waals surface area contributed by atoms with E-state index in [-0.39, 0.29) is 6.61 Å². The van der Waals surface area contributed by atoms with Gasteiger partial charge in [-0.15, -0.1) is 0 Å². The first-order chi connectivity index (χ1) is 11.3. The summed E-state index contributed by atoms with van der Waals surface area (Å²) in [4.78, 5) is 0. The van der Waals surface area contributed by atoms with E-state index in [1.165, 1.54) is 0 Å². The van der Waals surface area contributed by atoms with E-state index in [1.54, 1.807) is 53.7 Å². The minimum absolute atomic E-state index is 0.0846. The van der Waals surface area contributed by atoms with Crippen LogP contribution in [0.25, 0.3) is 0 Å². The quantitative estimate of drug-likeness (QED) is 0.467. The lowest BCUT2D eigenvalue weighted by atomic mass is 10.2. The average molecular weight is 368 g/mol. The lowest BCUT2D eigenvalue weighted by Crippen LogP contribution is -2.28. The number of phosphoric acid groups is 1. The minimum atomic E-state index is -3.79. The zero-order valence-electron chi connectivity index (χ0n) is 15.8. The number of hydrogen-bond donors (Lipinski definition) is 2. The van der Waals surface area contributed by atoms with E-state index in [4.69, 9.17) is 25.0 Å². The van der Waals surface area contributed by atoms with Gasteiger partial charge in [0.1, 0.15) is 0 Å². The van der Waals surface area contributed by atoms with Gasteiger partial charge in [0.15, 0.2) is 0 Å². The van der Waals surface area contributed by atoms with Crippen molar-refractivity contribution < 1.29 is 18.1 Å². The normalized spacial score (nSPS) is 13.9. The summed E-state index contributed by atoms with van der Waals surface area (Å²) >= 11 is 0. The molecule has 6 nitrogen and oxygen atoms in total. The molecule has 1 aromatic carbocycles. The molecule has 0 saturated heterocycles. The van der Waals surface area contributed by atoms with E-state index in [2.05, 4.69) is 11.8 Å². The van der Waals surface area contributed by atoms with E-state index in [0.29, 0.717) is 5.69 Å². The predicted octanol–water partition coefficient (Wildman–Crippen LogP) is 3.70. The van der Waals surface area contributed by atoms with Gasteiger partial charge in [-0.3, -0.25) is 13.6 Å². The Kier molecular flexibility index (Phi) is 7.25. The summed E-state index contributed by atoms with van der Waals surface area (Å²) in [5.74, 6) is 5.75. The first-order valence-corrected chi connectivity index (χ1v) is 9.53. The summed E-state index contributed by atoms with van der Waals surface area (Å²) in [5, 5.41) is 0. The molecule has 0 fully saturated rings. The van der Waals surface area contributed by atoms with Crippen molar-refractivity contribution in [3.8, 4) is 11.8 Å². The lowest BCUT2D eigenvalue weighted by Gasteiger charge is -2.31. The molecule has 0 bridgehead atoms. The highest BCUT2D eigenvalue weighted by Crippen LogP contribution is 2.55. The van der Waals surface area contributed by atoms with Crippen LogP contribution in [0.2, 0.25) is 0 Å². The fraction of sp³-hybridized carbons (Fsp3) is 0.556. The predicted molar refractivity (Wildman–Crippen MR) is 101 cm³/mol. The number of benzene rings is 1. The van der Waals surface area contributed by atoms with Gasteiger partial charge in [-0.25, -0.2) is 4.57 Å². The summed E-state index contributed by atoms with van der Waals surface area (Å²) in [7, 11) is -3.79. The molecule has 0 spiro atoms. The third-order valence-electron chi connectivity index (χ3n) is 2.47. The largest absolute Gasteiger partial charge is 0.475 e. The molecule has 0 saturated carbocycles. The molecule has 0 radical (unpaired) electrons. The van der Waals surface area contributed by atoms with Gasteiger partial charge < -0.3 is 11.5 Å². The molecule has 0 aliphatic heterocycles. The topological polar surface area (TPSA) is 96.8 Å². The Morgan fingerprint density at radius 1 is 1.12 bits per heavy atom. The molecule has 140 valence electrons. The van der Waals surface area contributed by atoms with Gasteiger partial charge in [0, 0.05) is 11.3 Å².